The maximum Gasteiger partial charge on any atom is 0.267 e. The van der Waals surface area contributed by atoms with Crippen LogP contribution in [-0.2, 0) is 6.42 Å². The molecule has 3 nitrogen and oxygen atoms in total. The molecule has 2 aromatic rings. The van der Waals surface area contributed by atoms with Crippen LogP contribution in [0.3, 0.4) is 0 Å². The fourth-order valence-electron chi connectivity index (χ4n) is 1.46. The van der Waals surface area contributed by atoms with Gasteiger partial charge in [-0.1, -0.05) is 13.0 Å². The van der Waals surface area contributed by atoms with Crippen LogP contribution < -0.4 is 5.32 Å². The van der Waals surface area contributed by atoms with Crippen LogP contribution in [-0.4, -0.2) is 10.9 Å². The zero-order valence-electron chi connectivity index (χ0n) is 9.24. The Labute approximate surface area is 112 Å². The van der Waals surface area contributed by atoms with Crippen LogP contribution in [0.2, 0.25) is 0 Å². The van der Waals surface area contributed by atoms with Gasteiger partial charge in [0.1, 0.15) is 10.4 Å². The summed E-state index contributed by atoms with van der Waals surface area (Å²) >= 11 is 4.72. The van der Waals surface area contributed by atoms with Crippen molar-refractivity contribution in [2.45, 2.75) is 13.3 Å². The number of nitrogens with one attached hydrogen (secondary N) is 1. The summed E-state index contributed by atoms with van der Waals surface area (Å²) in [6.45, 7) is 2.04. The molecule has 0 aliphatic heterocycles. The van der Waals surface area contributed by atoms with Crippen molar-refractivity contribution in [1.82, 2.24) is 4.98 Å². The quantitative estimate of drug-likeness (QED) is 0.878. The molecule has 0 saturated carbocycles. The van der Waals surface area contributed by atoms with Crippen LogP contribution in [0, 0.1) is 0 Å². The molecule has 2 heterocycles. The third kappa shape index (κ3) is 2.92. The van der Waals surface area contributed by atoms with Gasteiger partial charge in [0.05, 0.1) is 4.88 Å². The number of hydrogen-bond donors (Lipinski definition) is 1. The van der Waals surface area contributed by atoms with Gasteiger partial charge in [-0.25, -0.2) is 4.98 Å². The van der Waals surface area contributed by atoms with E-state index in [0.29, 0.717) is 10.4 Å². The number of pyridine rings is 1. The topological polar surface area (TPSA) is 42.0 Å². The molecule has 0 aliphatic carbocycles. The summed E-state index contributed by atoms with van der Waals surface area (Å²) in [5.74, 6) is 0.460. The molecule has 2 aromatic heterocycles. The molecule has 1 amide bonds. The van der Waals surface area contributed by atoms with Crippen LogP contribution in [0.25, 0.3) is 0 Å². The van der Waals surface area contributed by atoms with E-state index in [1.165, 1.54) is 11.3 Å². The average Bonchev–Trinajstić information content (AvgIpc) is 2.77. The number of aryl methyl sites for hydroxylation is 1. The number of anilines is 1. The van der Waals surface area contributed by atoms with Gasteiger partial charge >= 0.3 is 0 Å². The minimum atomic E-state index is -0.0950. The number of carbonyl (C=O) groups excluding carboxylic acids is 1. The molecule has 0 aromatic carbocycles. The SMILES string of the molecule is CCc1ccsc1C(=O)Nc1cccc(Br)n1. The molecule has 0 bridgehead atoms. The van der Waals surface area contributed by atoms with Crippen molar-refractivity contribution < 1.29 is 4.79 Å². The highest BCUT2D eigenvalue weighted by Crippen LogP contribution is 2.19. The number of aromatic nitrogens is 1. The van der Waals surface area contributed by atoms with Gasteiger partial charge in [-0.15, -0.1) is 11.3 Å². The van der Waals surface area contributed by atoms with Gasteiger partial charge in [-0.2, -0.15) is 0 Å². The Bertz CT molecular complexity index is 539. The maximum absolute atomic E-state index is 12.0. The molecule has 1 N–H and O–H groups in total. The molecule has 5 heteroatoms. The molecular formula is C12H11BrN2OS. The lowest BCUT2D eigenvalue weighted by Gasteiger charge is -2.04. The average molecular weight is 311 g/mol. The molecule has 0 atom stereocenters. The first-order valence-electron chi connectivity index (χ1n) is 5.21. The van der Waals surface area contributed by atoms with Gasteiger partial charge in [0.25, 0.3) is 5.91 Å². The first-order valence-corrected chi connectivity index (χ1v) is 6.88. The number of amides is 1. The Hall–Kier alpha value is -1.20. The fraction of sp³-hybridized carbons (Fsp3) is 0.167. The van der Waals surface area contributed by atoms with E-state index in [1.807, 2.05) is 30.5 Å². The van der Waals surface area contributed by atoms with Crippen LogP contribution >= 0.6 is 27.3 Å². The van der Waals surface area contributed by atoms with Crippen molar-refractivity contribution in [1.29, 1.82) is 0 Å². The van der Waals surface area contributed by atoms with E-state index >= 15 is 0 Å². The molecule has 2 rings (SSSR count). The molecule has 0 radical (unpaired) electrons. The van der Waals surface area contributed by atoms with E-state index in [1.54, 1.807) is 6.07 Å². The minimum Gasteiger partial charge on any atom is -0.306 e. The number of carbonyl (C=O) groups is 1. The van der Waals surface area contributed by atoms with Crippen LogP contribution in [0.1, 0.15) is 22.2 Å². The van der Waals surface area contributed by atoms with Gasteiger partial charge in [-0.05, 0) is 51.5 Å². The second kappa shape index (κ2) is 5.42. The lowest BCUT2D eigenvalue weighted by Crippen LogP contribution is -2.12. The van der Waals surface area contributed by atoms with E-state index in [0.717, 1.165) is 16.9 Å². The van der Waals surface area contributed by atoms with E-state index in [9.17, 15) is 4.79 Å². The van der Waals surface area contributed by atoms with Gasteiger partial charge in [-0.3, -0.25) is 4.79 Å². The molecule has 88 valence electrons. The highest BCUT2D eigenvalue weighted by molar-refractivity contribution is 9.10. The van der Waals surface area contributed by atoms with Crippen molar-refractivity contribution in [3.8, 4) is 0 Å². The standard InChI is InChI=1S/C12H11BrN2OS/c1-2-8-6-7-17-11(8)12(16)15-10-5-3-4-9(13)14-10/h3-7H,2H2,1H3,(H,14,15,16). The monoisotopic (exact) mass is 310 g/mol. The van der Waals surface area contributed by atoms with E-state index < -0.39 is 0 Å². The second-order valence-corrected chi connectivity index (χ2v) is 5.16. The first-order chi connectivity index (χ1) is 8.20. The minimum absolute atomic E-state index is 0.0950. The summed E-state index contributed by atoms with van der Waals surface area (Å²) in [4.78, 5) is 16.9. The Morgan fingerprint density at radius 1 is 1.47 bits per heavy atom. The van der Waals surface area contributed by atoms with Crippen molar-refractivity contribution in [2.24, 2.45) is 0 Å². The lowest BCUT2D eigenvalue weighted by atomic mass is 10.2. The van der Waals surface area contributed by atoms with Crippen LogP contribution in [0.15, 0.2) is 34.2 Å². The molecular weight excluding hydrogens is 300 g/mol. The Morgan fingerprint density at radius 3 is 3.00 bits per heavy atom. The van der Waals surface area contributed by atoms with Crippen molar-refractivity contribution in [2.75, 3.05) is 5.32 Å². The van der Waals surface area contributed by atoms with E-state index in [4.69, 9.17) is 0 Å². The molecule has 0 aliphatic rings. The Kier molecular flexibility index (Phi) is 3.91. The van der Waals surface area contributed by atoms with Gasteiger partial charge in [0.2, 0.25) is 0 Å². The van der Waals surface area contributed by atoms with Crippen molar-refractivity contribution >= 4 is 39.0 Å². The van der Waals surface area contributed by atoms with Crippen LogP contribution in [0.4, 0.5) is 5.82 Å². The molecule has 0 unspecified atom stereocenters. The van der Waals surface area contributed by atoms with Crippen molar-refractivity contribution in [3.63, 3.8) is 0 Å². The molecule has 0 spiro atoms. The normalized spacial score (nSPS) is 10.2. The zero-order valence-corrected chi connectivity index (χ0v) is 11.6. The Balaban J connectivity index is 2.17. The second-order valence-electron chi connectivity index (χ2n) is 3.43. The fourth-order valence-corrected chi connectivity index (χ4v) is 2.70. The summed E-state index contributed by atoms with van der Waals surface area (Å²) in [7, 11) is 0. The van der Waals surface area contributed by atoms with Gasteiger partial charge < -0.3 is 5.32 Å². The first kappa shape index (κ1) is 12.3. The predicted molar refractivity (Wildman–Crippen MR) is 73.6 cm³/mol. The largest absolute Gasteiger partial charge is 0.306 e. The number of nitrogens with zero attached hydrogens (tertiary/aromatic N) is 1. The van der Waals surface area contributed by atoms with Crippen LogP contribution in [0.5, 0.6) is 0 Å². The smallest absolute Gasteiger partial charge is 0.267 e. The molecule has 17 heavy (non-hydrogen) atoms. The summed E-state index contributed by atoms with van der Waals surface area (Å²) in [6.07, 6.45) is 0.859. The zero-order chi connectivity index (χ0) is 12.3. The third-order valence-electron chi connectivity index (χ3n) is 2.29. The van der Waals surface area contributed by atoms with E-state index in [-0.39, 0.29) is 5.91 Å². The maximum atomic E-state index is 12.0. The lowest BCUT2D eigenvalue weighted by molar-refractivity contribution is 0.102. The summed E-state index contributed by atoms with van der Waals surface area (Å²) in [5.41, 5.74) is 1.07. The number of rotatable bonds is 3. The molecule has 0 saturated heterocycles. The van der Waals surface area contributed by atoms with Gasteiger partial charge in [0.15, 0.2) is 0 Å². The van der Waals surface area contributed by atoms with Crippen molar-refractivity contribution in [3.05, 3.63) is 44.7 Å². The number of thiophene rings is 1. The van der Waals surface area contributed by atoms with E-state index in [2.05, 4.69) is 26.2 Å². The highest BCUT2D eigenvalue weighted by atomic mass is 79.9. The van der Waals surface area contributed by atoms with Gasteiger partial charge in [0, 0.05) is 0 Å². The third-order valence-corrected chi connectivity index (χ3v) is 3.69. The highest BCUT2D eigenvalue weighted by Gasteiger charge is 2.12. The number of halogens is 1. The predicted octanol–water partition coefficient (Wildman–Crippen LogP) is 3.72. The summed E-state index contributed by atoms with van der Waals surface area (Å²) < 4.78 is 0.706. The molecule has 0 fully saturated rings. The Morgan fingerprint density at radius 2 is 2.29 bits per heavy atom. The summed E-state index contributed by atoms with van der Waals surface area (Å²) in [5, 5.41) is 4.72. The number of hydrogen-bond acceptors (Lipinski definition) is 3. The summed E-state index contributed by atoms with van der Waals surface area (Å²) in [6, 6.07) is 7.40.